The van der Waals surface area contributed by atoms with E-state index in [1.165, 1.54) is 36.0 Å². The zero-order chi connectivity index (χ0) is 35.4. The van der Waals surface area contributed by atoms with Gasteiger partial charge in [-0.3, -0.25) is 0 Å². The first-order valence-electron chi connectivity index (χ1n) is 18.0. The Bertz CT molecular complexity index is 2390. The fourth-order valence-corrected chi connectivity index (χ4v) is 7.38. The van der Waals surface area contributed by atoms with Crippen LogP contribution in [-0.2, 0) is 20.1 Å². The Hall–Kier alpha value is -5.60. The predicted molar refractivity (Wildman–Crippen MR) is 211 cm³/mol. The van der Waals surface area contributed by atoms with Crippen molar-refractivity contribution >= 4 is 5.69 Å². The van der Waals surface area contributed by atoms with Crippen molar-refractivity contribution in [1.82, 2.24) is 19.9 Å². The van der Waals surface area contributed by atoms with E-state index in [0.717, 1.165) is 68.9 Å². The summed E-state index contributed by atoms with van der Waals surface area (Å²) in [4.78, 5) is 23.5. The number of hydrogen-bond acceptors (Lipinski definition) is 4. The van der Waals surface area contributed by atoms with Crippen LogP contribution in [0.4, 0.5) is 5.69 Å². The van der Waals surface area contributed by atoms with Gasteiger partial charge in [0, 0.05) is 43.3 Å². The molecule has 1 saturated carbocycles. The number of rotatable bonds is 7. The second-order valence-electron chi connectivity index (χ2n) is 13.7. The molecule has 1 aliphatic carbocycles. The molecule has 0 aliphatic heterocycles. The summed E-state index contributed by atoms with van der Waals surface area (Å²) >= 11 is 0. The molecule has 1 fully saturated rings. The van der Waals surface area contributed by atoms with Crippen molar-refractivity contribution in [2.24, 2.45) is 0 Å². The topological polar surface area (TPSA) is 55.9 Å². The third-order valence-corrected chi connectivity index (χ3v) is 9.96. The van der Waals surface area contributed by atoms with Gasteiger partial charge in [0.15, 0.2) is 17.3 Å². The summed E-state index contributed by atoms with van der Waals surface area (Å²) in [5.74, 6) is 2.58. The molecule has 1 radical (unpaired) electrons. The van der Waals surface area contributed by atoms with Gasteiger partial charge in [-0.15, -0.1) is 23.8 Å². The van der Waals surface area contributed by atoms with Crippen molar-refractivity contribution in [2.75, 3.05) is 0 Å². The van der Waals surface area contributed by atoms with Gasteiger partial charge in [-0.25, -0.2) is 19.8 Å². The van der Waals surface area contributed by atoms with Gasteiger partial charge >= 0.3 is 0 Å². The molecule has 5 aromatic carbocycles. The van der Waals surface area contributed by atoms with Gasteiger partial charge in [0.05, 0.1) is 6.57 Å². The molecule has 0 amide bonds. The molecule has 261 valence electrons. The van der Waals surface area contributed by atoms with E-state index in [9.17, 15) is 0 Å². The minimum absolute atomic E-state index is 0. The van der Waals surface area contributed by atoms with Crippen LogP contribution in [0.5, 0.6) is 0 Å². The quantitative estimate of drug-likeness (QED) is 0.150. The third-order valence-electron chi connectivity index (χ3n) is 9.96. The molecule has 7 aromatic rings. The number of benzene rings is 5. The Balaban J connectivity index is 0.00000435. The molecule has 0 unspecified atom stereocenters. The zero-order valence-corrected chi connectivity index (χ0v) is 32.2. The SMILES string of the molecule is [C-]#[N+]c1ccc(-c2cc(-c3ccc(-c4nc(-c5ccccc5)nc(C5CCCCC5)n4)cn3)[c-]cc2-c2ccccc2-c2cc(C)cc(C)c2)cc1.[Ir]. The summed E-state index contributed by atoms with van der Waals surface area (Å²) in [5, 5.41) is 0. The van der Waals surface area contributed by atoms with Crippen molar-refractivity contribution in [3.8, 4) is 67.4 Å². The van der Waals surface area contributed by atoms with Gasteiger partial charge in [0.25, 0.3) is 0 Å². The summed E-state index contributed by atoms with van der Waals surface area (Å²) < 4.78 is 0. The smallest absolute Gasteiger partial charge is 0.187 e. The summed E-state index contributed by atoms with van der Waals surface area (Å²) in [5.41, 5.74) is 13.2. The monoisotopic (exact) mass is 865 g/mol. The molecule has 5 nitrogen and oxygen atoms in total. The second-order valence-corrected chi connectivity index (χ2v) is 13.7. The van der Waals surface area contributed by atoms with Crippen LogP contribution in [0.25, 0.3) is 72.3 Å². The summed E-state index contributed by atoms with van der Waals surface area (Å²) in [6.07, 6.45) is 7.78. The molecule has 0 spiro atoms. The van der Waals surface area contributed by atoms with E-state index in [4.69, 9.17) is 26.5 Å². The van der Waals surface area contributed by atoms with Crippen LogP contribution in [0, 0.1) is 26.5 Å². The van der Waals surface area contributed by atoms with Gasteiger partial charge in [-0.2, -0.15) is 0 Å². The molecule has 8 rings (SSSR count). The van der Waals surface area contributed by atoms with E-state index in [1.807, 2.05) is 54.7 Å². The number of nitrogens with zero attached hydrogens (tertiary/aromatic N) is 5. The zero-order valence-electron chi connectivity index (χ0n) is 29.8. The summed E-state index contributed by atoms with van der Waals surface area (Å²) in [6, 6.07) is 45.1. The van der Waals surface area contributed by atoms with Crippen LogP contribution in [0.15, 0.2) is 128 Å². The molecule has 6 heteroatoms. The van der Waals surface area contributed by atoms with Gasteiger partial charge < -0.3 is 4.98 Å². The first-order chi connectivity index (χ1) is 25.5. The first kappa shape index (κ1) is 35.8. The van der Waals surface area contributed by atoms with E-state index in [0.29, 0.717) is 23.3 Å². The van der Waals surface area contributed by atoms with E-state index in [1.54, 1.807) is 0 Å². The predicted octanol–water partition coefficient (Wildman–Crippen LogP) is 12.3. The van der Waals surface area contributed by atoms with Crippen molar-refractivity contribution < 1.29 is 20.1 Å². The van der Waals surface area contributed by atoms with Crippen LogP contribution in [0.1, 0.15) is 55.0 Å². The Morgan fingerprint density at radius 1 is 0.604 bits per heavy atom. The van der Waals surface area contributed by atoms with Gasteiger partial charge in [0.2, 0.25) is 0 Å². The van der Waals surface area contributed by atoms with Gasteiger partial charge in [-0.05, 0) is 49.1 Å². The van der Waals surface area contributed by atoms with Gasteiger partial charge in [-0.1, -0.05) is 156 Å². The maximum absolute atomic E-state index is 7.50. The largest absolute Gasteiger partial charge is 0.304 e. The van der Waals surface area contributed by atoms with Crippen LogP contribution >= 0.6 is 0 Å². The summed E-state index contributed by atoms with van der Waals surface area (Å²) in [7, 11) is 0. The van der Waals surface area contributed by atoms with Crippen molar-refractivity contribution in [3.05, 3.63) is 162 Å². The molecule has 1 aliphatic rings. The molecule has 2 aromatic heterocycles. The van der Waals surface area contributed by atoms with Crippen LogP contribution in [0.3, 0.4) is 0 Å². The standard InChI is InChI=1S/C47H38N5.Ir/c1-31-26-32(2)28-38(27-31)40-16-10-11-17-41(40)42-24-20-36(29-43(42)33-18-22-39(48-3)23-19-33)44-25-21-37(30-49-44)47-51-45(34-12-6-4-7-13-34)50-46(52-47)35-14-8-5-9-15-35;/h4,6-7,10-13,16-19,21-30,35H,5,8-9,14-15H2,1-2H3;/q-1;. The number of aromatic nitrogens is 4. The van der Waals surface area contributed by atoms with E-state index < -0.39 is 0 Å². The van der Waals surface area contributed by atoms with Crippen molar-refractivity contribution in [3.63, 3.8) is 0 Å². The van der Waals surface area contributed by atoms with Crippen LogP contribution in [-0.4, -0.2) is 19.9 Å². The summed E-state index contributed by atoms with van der Waals surface area (Å²) in [6.45, 7) is 11.8. The Morgan fingerprint density at radius 2 is 1.26 bits per heavy atom. The molecule has 0 bridgehead atoms. The normalized spacial score (nSPS) is 12.8. The maximum Gasteiger partial charge on any atom is 0.187 e. The fraction of sp³-hybridized carbons (Fsp3) is 0.170. The number of aryl methyl sites for hydroxylation is 2. The third kappa shape index (κ3) is 7.78. The number of pyridine rings is 1. The van der Waals surface area contributed by atoms with Crippen LogP contribution in [0.2, 0.25) is 0 Å². The fourth-order valence-electron chi connectivity index (χ4n) is 7.38. The maximum atomic E-state index is 7.50. The van der Waals surface area contributed by atoms with Crippen molar-refractivity contribution in [2.45, 2.75) is 51.9 Å². The second kappa shape index (κ2) is 16.0. The molecule has 0 saturated heterocycles. The Kier molecular flexibility index (Phi) is 10.8. The average molecular weight is 865 g/mol. The Morgan fingerprint density at radius 3 is 1.94 bits per heavy atom. The van der Waals surface area contributed by atoms with Crippen LogP contribution < -0.4 is 0 Å². The molecular formula is C47H38IrN5-. The molecule has 0 N–H and O–H groups in total. The Labute approximate surface area is 325 Å². The van der Waals surface area contributed by atoms with E-state index >= 15 is 0 Å². The molecule has 2 heterocycles. The van der Waals surface area contributed by atoms with Gasteiger partial charge in [0.1, 0.15) is 5.82 Å². The van der Waals surface area contributed by atoms with E-state index in [2.05, 4.69) is 97.6 Å². The molecule has 0 atom stereocenters. The number of hydrogen-bond donors (Lipinski definition) is 0. The van der Waals surface area contributed by atoms with E-state index in [-0.39, 0.29) is 20.1 Å². The minimum atomic E-state index is 0. The molecular weight excluding hydrogens is 827 g/mol. The minimum Gasteiger partial charge on any atom is -0.304 e. The van der Waals surface area contributed by atoms with Crippen molar-refractivity contribution in [1.29, 1.82) is 0 Å². The average Bonchev–Trinajstić information content (AvgIpc) is 3.21. The molecule has 53 heavy (non-hydrogen) atoms. The first-order valence-corrected chi connectivity index (χ1v) is 18.0.